The Kier molecular flexibility index (Phi) is 6.16. The molecule has 0 aliphatic carbocycles. The molecule has 0 heterocycles. The van der Waals surface area contributed by atoms with Gasteiger partial charge in [-0.15, -0.1) is 0 Å². The van der Waals surface area contributed by atoms with E-state index in [1.807, 2.05) is 19.1 Å². The predicted molar refractivity (Wildman–Crippen MR) is 74.3 cm³/mol. The number of methoxy groups -OCH3 is 1. The molecule has 0 spiro atoms. The molecular formula is C15H17NO4. The number of allylic oxidation sites excluding steroid dienone is 1. The smallest absolute Gasteiger partial charge is 0.307 e. The Bertz CT molecular complexity index is 517. The van der Waals surface area contributed by atoms with Crippen LogP contribution >= 0.6 is 0 Å². The van der Waals surface area contributed by atoms with Crippen molar-refractivity contribution in [3.63, 3.8) is 0 Å². The summed E-state index contributed by atoms with van der Waals surface area (Å²) in [5, 5.41) is 2.49. The van der Waals surface area contributed by atoms with Crippen LogP contribution < -0.4 is 5.32 Å². The van der Waals surface area contributed by atoms with Crippen LogP contribution in [0.25, 0.3) is 0 Å². The second kappa shape index (κ2) is 7.89. The third-order valence-corrected chi connectivity index (χ3v) is 2.58. The Morgan fingerprint density at radius 2 is 1.80 bits per heavy atom. The van der Waals surface area contributed by atoms with E-state index in [4.69, 9.17) is 0 Å². The van der Waals surface area contributed by atoms with Crippen LogP contribution in [0.2, 0.25) is 0 Å². The van der Waals surface area contributed by atoms with Gasteiger partial charge in [-0.3, -0.25) is 14.4 Å². The van der Waals surface area contributed by atoms with Crippen LogP contribution in [0.5, 0.6) is 0 Å². The van der Waals surface area contributed by atoms with E-state index in [9.17, 15) is 14.4 Å². The molecule has 1 amide bonds. The zero-order chi connectivity index (χ0) is 15.0. The van der Waals surface area contributed by atoms with Gasteiger partial charge in [0, 0.05) is 18.2 Å². The highest BCUT2D eigenvalue weighted by atomic mass is 16.5. The van der Waals surface area contributed by atoms with E-state index in [-0.39, 0.29) is 18.7 Å². The molecule has 0 unspecified atom stereocenters. The monoisotopic (exact) mass is 275 g/mol. The minimum absolute atomic E-state index is 0.0992. The minimum atomic E-state index is -0.422. The number of esters is 1. The topological polar surface area (TPSA) is 72.5 Å². The van der Waals surface area contributed by atoms with Crippen LogP contribution in [0, 0.1) is 6.92 Å². The number of nitrogens with one attached hydrogen (secondary N) is 1. The third-order valence-electron chi connectivity index (χ3n) is 2.58. The normalized spacial score (nSPS) is 10.3. The molecule has 1 N–H and O–H groups in total. The van der Waals surface area contributed by atoms with E-state index in [0.29, 0.717) is 5.56 Å². The van der Waals surface area contributed by atoms with Crippen molar-refractivity contribution in [1.82, 2.24) is 5.32 Å². The molecule has 5 nitrogen and oxygen atoms in total. The summed E-state index contributed by atoms with van der Waals surface area (Å²) in [6.45, 7) is 2.10. The van der Waals surface area contributed by atoms with Gasteiger partial charge in [0.2, 0.25) is 5.91 Å². The summed E-state index contributed by atoms with van der Waals surface area (Å²) in [6, 6.07) is 7.07. The summed E-state index contributed by atoms with van der Waals surface area (Å²) in [5.74, 6) is -1.06. The average molecular weight is 275 g/mol. The molecule has 5 heteroatoms. The molecule has 0 aromatic heterocycles. The van der Waals surface area contributed by atoms with E-state index >= 15 is 0 Å². The van der Waals surface area contributed by atoms with Gasteiger partial charge in [0.05, 0.1) is 13.5 Å². The SMILES string of the molecule is COC(=O)CCNC(=O)C=CC(=O)c1ccc(C)cc1. The van der Waals surface area contributed by atoms with Crippen LogP contribution in [-0.4, -0.2) is 31.3 Å². The second-order valence-electron chi connectivity index (χ2n) is 4.18. The van der Waals surface area contributed by atoms with Gasteiger partial charge in [-0.2, -0.15) is 0 Å². The maximum atomic E-state index is 11.7. The third kappa shape index (κ3) is 5.48. The Hall–Kier alpha value is -2.43. The maximum Gasteiger partial charge on any atom is 0.307 e. The summed E-state index contributed by atoms with van der Waals surface area (Å²) in [7, 11) is 1.28. The molecule has 0 fully saturated rings. The van der Waals surface area contributed by atoms with Crippen LogP contribution in [0.3, 0.4) is 0 Å². The van der Waals surface area contributed by atoms with Gasteiger partial charge in [-0.25, -0.2) is 0 Å². The molecule has 0 bridgehead atoms. The van der Waals surface area contributed by atoms with Gasteiger partial charge in [-0.1, -0.05) is 29.8 Å². The zero-order valence-electron chi connectivity index (χ0n) is 11.5. The Balaban J connectivity index is 2.43. The highest BCUT2D eigenvalue weighted by Crippen LogP contribution is 2.04. The molecule has 0 aliphatic heterocycles. The maximum absolute atomic E-state index is 11.7. The van der Waals surface area contributed by atoms with Gasteiger partial charge in [0.1, 0.15) is 0 Å². The molecule has 106 valence electrons. The first kappa shape index (κ1) is 15.6. The van der Waals surface area contributed by atoms with E-state index in [0.717, 1.165) is 11.6 Å². The van der Waals surface area contributed by atoms with Crippen molar-refractivity contribution >= 4 is 17.7 Å². The van der Waals surface area contributed by atoms with Crippen LogP contribution in [0.1, 0.15) is 22.3 Å². The number of amides is 1. The van der Waals surface area contributed by atoms with Gasteiger partial charge in [0.15, 0.2) is 5.78 Å². The fourth-order valence-electron chi connectivity index (χ4n) is 1.41. The van der Waals surface area contributed by atoms with Gasteiger partial charge < -0.3 is 10.1 Å². The van der Waals surface area contributed by atoms with Crippen molar-refractivity contribution in [2.75, 3.05) is 13.7 Å². The molecule has 1 aromatic rings. The zero-order valence-corrected chi connectivity index (χ0v) is 11.5. The van der Waals surface area contributed by atoms with E-state index in [1.54, 1.807) is 12.1 Å². The first-order valence-electron chi connectivity index (χ1n) is 6.16. The fraction of sp³-hybridized carbons (Fsp3) is 0.267. The number of ketones is 1. The number of carbonyl (C=O) groups excluding carboxylic acids is 3. The number of rotatable bonds is 6. The van der Waals surface area contributed by atoms with Crippen molar-refractivity contribution in [1.29, 1.82) is 0 Å². The number of hydrogen-bond donors (Lipinski definition) is 1. The second-order valence-corrected chi connectivity index (χ2v) is 4.18. The molecule has 0 atom stereocenters. The van der Waals surface area contributed by atoms with E-state index in [2.05, 4.69) is 10.1 Å². The number of benzene rings is 1. The lowest BCUT2D eigenvalue weighted by atomic mass is 10.1. The highest BCUT2D eigenvalue weighted by molar-refractivity contribution is 6.07. The molecule has 0 aliphatic rings. The van der Waals surface area contributed by atoms with Crippen LogP contribution in [0.15, 0.2) is 36.4 Å². The number of aryl methyl sites for hydroxylation is 1. The van der Waals surface area contributed by atoms with Gasteiger partial charge in [-0.05, 0) is 13.0 Å². The molecule has 1 rings (SSSR count). The lowest BCUT2D eigenvalue weighted by molar-refractivity contribution is -0.140. The fourth-order valence-corrected chi connectivity index (χ4v) is 1.41. The minimum Gasteiger partial charge on any atom is -0.469 e. The van der Waals surface area contributed by atoms with Crippen molar-refractivity contribution in [2.45, 2.75) is 13.3 Å². The standard InChI is InChI=1S/C15H17NO4/c1-11-3-5-12(6-4-11)13(17)7-8-14(18)16-10-9-15(19)20-2/h3-8H,9-10H2,1-2H3,(H,16,18). The highest BCUT2D eigenvalue weighted by Gasteiger charge is 2.03. The molecular weight excluding hydrogens is 258 g/mol. The van der Waals surface area contributed by atoms with Crippen LogP contribution in [-0.2, 0) is 14.3 Å². The summed E-state index contributed by atoms with van der Waals surface area (Å²) in [5.41, 5.74) is 1.58. The quantitative estimate of drug-likeness (QED) is 0.484. The van der Waals surface area contributed by atoms with Crippen molar-refractivity contribution in [3.05, 3.63) is 47.5 Å². The molecule has 0 saturated heterocycles. The lowest BCUT2D eigenvalue weighted by Crippen LogP contribution is -2.24. The molecule has 0 saturated carbocycles. The van der Waals surface area contributed by atoms with Gasteiger partial charge in [0.25, 0.3) is 0 Å². The molecule has 1 aromatic carbocycles. The molecule has 0 radical (unpaired) electrons. The van der Waals surface area contributed by atoms with Crippen molar-refractivity contribution < 1.29 is 19.1 Å². The first-order chi connectivity index (χ1) is 9.52. The Morgan fingerprint density at radius 3 is 2.40 bits per heavy atom. The average Bonchev–Trinajstić information content (AvgIpc) is 2.45. The first-order valence-corrected chi connectivity index (χ1v) is 6.16. The largest absolute Gasteiger partial charge is 0.469 e. The number of hydrogen-bond acceptors (Lipinski definition) is 4. The van der Waals surface area contributed by atoms with E-state index in [1.165, 1.54) is 13.2 Å². The summed E-state index contributed by atoms with van der Waals surface area (Å²) in [4.78, 5) is 34.0. The van der Waals surface area contributed by atoms with E-state index < -0.39 is 11.9 Å². The van der Waals surface area contributed by atoms with Crippen molar-refractivity contribution in [3.8, 4) is 0 Å². The Morgan fingerprint density at radius 1 is 1.15 bits per heavy atom. The Labute approximate surface area is 117 Å². The summed E-state index contributed by atoms with van der Waals surface area (Å²) < 4.78 is 4.44. The number of ether oxygens (including phenoxy) is 1. The van der Waals surface area contributed by atoms with Crippen molar-refractivity contribution in [2.24, 2.45) is 0 Å². The summed E-state index contributed by atoms with van der Waals surface area (Å²) in [6.07, 6.45) is 2.46. The van der Waals surface area contributed by atoms with Crippen LogP contribution in [0.4, 0.5) is 0 Å². The lowest BCUT2D eigenvalue weighted by Gasteiger charge is -2.00. The molecule has 20 heavy (non-hydrogen) atoms. The van der Waals surface area contributed by atoms with Gasteiger partial charge >= 0.3 is 5.97 Å². The number of carbonyl (C=O) groups is 3. The predicted octanol–water partition coefficient (Wildman–Crippen LogP) is 1.41. The summed E-state index contributed by atoms with van der Waals surface area (Å²) >= 11 is 0.